The van der Waals surface area contributed by atoms with Crippen molar-refractivity contribution in [3.8, 4) is 0 Å². The van der Waals surface area contributed by atoms with Gasteiger partial charge in [-0.3, -0.25) is 0 Å². The molecule has 134 valence electrons. The van der Waals surface area contributed by atoms with E-state index < -0.39 is 5.97 Å². The van der Waals surface area contributed by atoms with Gasteiger partial charge >= 0.3 is 5.97 Å². The van der Waals surface area contributed by atoms with E-state index in [1.165, 1.54) is 38.7 Å². The Kier molecular flexibility index (Phi) is 5.69. The topological polar surface area (TPSA) is 35.5 Å². The summed E-state index contributed by atoms with van der Waals surface area (Å²) in [6.07, 6.45) is 1.63. The monoisotopic (exact) mass is 348 g/mol. The summed E-state index contributed by atoms with van der Waals surface area (Å²) in [5, 5.41) is 4.81. The Hall–Kier alpha value is -2.65. The van der Waals surface area contributed by atoms with Crippen molar-refractivity contribution >= 4 is 27.5 Å². The first kappa shape index (κ1) is 18.2. The van der Waals surface area contributed by atoms with Gasteiger partial charge in [-0.15, -0.1) is 0 Å². The summed E-state index contributed by atoms with van der Waals surface area (Å²) in [4.78, 5) is 11.4. The predicted octanol–water partition coefficient (Wildman–Crippen LogP) is 5.33. The van der Waals surface area contributed by atoms with E-state index in [0.29, 0.717) is 19.6 Å². The molecule has 0 bridgehead atoms. The third-order valence-corrected chi connectivity index (χ3v) is 4.59. The molecule has 0 amide bonds. The van der Waals surface area contributed by atoms with Crippen molar-refractivity contribution in [2.45, 2.75) is 33.0 Å². The van der Waals surface area contributed by atoms with Crippen LogP contribution in [0, 0.1) is 6.92 Å². The second-order valence-corrected chi connectivity index (χ2v) is 6.49. The van der Waals surface area contributed by atoms with E-state index in [9.17, 15) is 4.79 Å². The molecule has 0 aliphatic carbocycles. The van der Waals surface area contributed by atoms with Gasteiger partial charge in [-0.25, -0.2) is 4.79 Å². The number of hydrogen-bond donors (Lipinski definition) is 0. The van der Waals surface area contributed by atoms with Crippen LogP contribution in [0.15, 0.2) is 61.2 Å². The minimum atomic E-state index is -0.410. The second kappa shape index (κ2) is 8.15. The van der Waals surface area contributed by atoms with Gasteiger partial charge in [0.2, 0.25) is 0 Å². The molecular weight excluding hydrogens is 324 g/mol. The Morgan fingerprint density at radius 2 is 1.88 bits per heavy atom. The molecule has 0 aromatic heterocycles. The molecule has 3 aromatic carbocycles. The normalized spacial score (nSPS) is 12.2. The summed E-state index contributed by atoms with van der Waals surface area (Å²) < 4.78 is 11.3. The number of fused-ring (bicyclic) bond motifs is 2. The molecule has 0 radical (unpaired) electrons. The van der Waals surface area contributed by atoms with Gasteiger partial charge in [-0.05, 0) is 46.5 Å². The zero-order valence-electron chi connectivity index (χ0n) is 15.3. The summed E-state index contributed by atoms with van der Waals surface area (Å²) in [6, 6.07) is 17.1. The summed E-state index contributed by atoms with van der Waals surface area (Å²) in [6.45, 7) is 8.35. The number of aryl methyl sites for hydroxylation is 1. The number of carbonyl (C=O) groups excluding carboxylic acids is 1. The third kappa shape index (κ3) is 3.94. The molecule has 0 N–H and O–H groups in total. The standard InChI is InChI=1S/C23H24O3/c1-4-19(26-23(24)5-2)14-25-15-22-20-9-7-6-8-17(20)13-18-11-10-16(3)12-21(18)22/h5-13,19H,2,4,14-15H2,1,3H3. The lowest BCUT2D eigenvalue weighted by Crippen LogP contribution is -2.21. The minimum absolute atomic E-state index is 0.261. The third-order valence-electron chi connectivity index (χ3n) is 4.59. The molecule has 0 aliphatic heterocycles. The van der Waals surface area contributed by atoms with Crippen LogP contribution in [-0.2, 0) is 20.9 Å². The molecule has 0 saturated carbocycles. The molecule has 0 aliphatic rings. The molecule has 1 unspecified atom stereocenters. The molecule has 26 heavy (non-hydrogen) atoms. The molecule has 1 atom stereocenters. The fraction of sp³-hybridized carbons (Fsp3) is 0.261. The Labute approximate surface area is 154 Å². The Bertz CT molecular complexity index is 943. The van der Waals surface area contributed by atoms with Crippen molar-refractivity contribution in [2.24, 2.45) is 0 Å². The first-order valence-electron chi connectivity index (χ1n) is 8.94. The zero-order valence-corrected chi connectivity index (χ0v) is 15.3. The van der Waals surface area contributed by atoms with Crippen LogP contribution in [-0.4, -0.2) is 18.7 Å². The van der Waals surface area contributed by atoms with Gasteiger partial charge in [0.25, 0.3) is 0 Å². The molecular formula is C23H24O3. The highest BCUT2D eigenvalue weighted by atomic mass is 16.6. The maximum atomic E-state index is 11.4. The van der Waals surface area contributed by atoms with E-state index in [-0.39, 0.29) is 6.10 Å². The van der Waals surface area contributed by atoms with E-state index in [2.05, 4.69) is 56.0 Å². The van der Waals surface area contributed by atoms with Crippen molar-refractivity contribution in [3.63, 3.8) is 0 Å². The van der Waals surface area contributed by atoms with E-state index >= 15 is 0 Å². The van der Waals surface area contributed by atoms with Crippen LogP contribution in [0.2, 0.25) is 0 Å². The molecule has 3 rings (SSSR count). The van der Waals surface area contributed by atoms with Gasteiger partial charge in [0.1, 0.15) is 6.10 Å². The van der Waals surface area contributed by atoms with Crippen molar-refractivity contribution in [1.82, 2.24) is 0 Å². The maximum absolute atomic E-state index is 11.4. The summed E-state index contributed by atoms with van der Waals surface area (Å²) in [5.41, 5.74) is 2.40. The van der Waals surface area contributed by atoms with Crippen molar-refractivity contribution < 1.29 is 14.3 Å². The van der Waals surface area contributed by atoms with E-state index in [1.807, 2.05) is 13.0 Å². The highest BCUT2D eigenvalue weighted by molar-refractivity contribution is 6.02. The quantitative estimate of drug-likeness (QED) is 0.329. The number of rotatable bonds is 7. The van der Waals surface area contributed by atoms with Crippen LogP contribution in [0.4, 0.5) is 0 Å². The van der Waals surface area contributed by atoms with Gasteiger partial charge in [0.05, 0.1) is 13.2 Å². The number of carbonyl (C=O) groups is 1. The van der Waals surface area contributed by atoms with E-state index in [1.54, 1.807) is 0 Å². The number of benzene rings is 3. The van der Waals surface area contributed by atoms with Gasteiger partial charge < -0.3 is 9.47 Å². The molecule has 0 fully saturated rings. The van der Waals surface area contributed by atoms with Gasteiger partial charge in [-0.2, -0.15) is 0 Å². The lowest BCUT2D eigenvalue weighted by atomic mass is 9.96. The van der Waals surface area contributed by atoms with Gasteiger partial charge in [0.15, 0.2) is 0 Å². The first-order valence-corrected chi connectivity index (χ1v) is 8.94. The second-order valence-electron chi connectivity index (χ2n) is 6.49. The predicted molar refractivity (Wildman–Crippen MR) is 106 cm³/mol. The highest BCUT2D eigenvalue weighted by Crippen LogP contribution is 2.30. The summed E-state index contributed by atoms with van der Waals surface area (Å²) in [7, 11) is 0. The van der Waals surface area contributed by atoms with Crippen LogP contribution in [0.1, 0.15) is 24.5 Å². The highest BCUT2D eigenvalue weighted by Gasteiger charge is 2.13. The smallest absolute Gasteiger partial charge is 0.330 e. The molecule has 0 spiro atoms. The number of esters is 1. The SMILES string of the molecule is C=CC(=O)OC(CC)COCc1c2ccccc2cc2ccc(C)cc12. The van der Waals surface area contributed by atoms with Crippen molar-refractivity contribution in [1.29, 1.82) is 0 Å². The fourth-order valence-electron chi connectivity index (χ4n) is 3.16. The molecule has 0 saturated heterocycles. The summed E-state index contributed by atoms with van der Waals surface area (Å²) >= 11 is 0. The Morgan fingerprint density at radius 3 is 2.65 bits per heavy atom. The van der Waals surface area contributed by atoms with Crippen LogP contribution in [0.25, 0.3) is 21.5 Å². The largest absolute Gasteiger partial charge is 0.457 e. The van der Waals surface area contributed by atoms with Crippen LogP contribution in [0.3, 0.4) is 0 Å². The van der Waals surface area contributed by atoms with E-state index in [4.69, 9.17) is 9.47 Å². The number of hydrogen-bond acceptors (Lipinski definition) is 3. The number of ether oxygens (including phenoxy) is 2. The van der Waals surface area contributed by atoms with Crippen LogP contribution >= 0.6 is 0 Å². The molecule has 0 heterocycles. The lowest BCUT2D eigenvalue weighted by Gasteiger charge is -2.17. The van der Waals surface area contributed by atoms with Gasteiger partial charge in [-0.1, -0.05) is 61.5 Å². The average Bonchev–Trinajstić information content (AvgIpc) is 2.66. The lowest BCUT2D eigenvalue weighted by molar-refractivity contribution is -0.146. The molecule has 3 heteroatoms. The zero-order chi connectivity index (χ0) is 18.5. The minimum Gasteiger partial charge on any atom is -0.457 e. The van der Waals surface area contributed by atoms with Gasteiger partial charge in [0, 0.05) is 6.08 Å². The Balaban J connectivity index is 1.88. The van der Waals surface area contributed by atoms with Crippen LogP contribution in [0.5, 0.6) is 0 Å². The fourth-order valence-corrected chi connectivity index (χ4v) is 3.16. The van der Waals surface area contributed by atoms with Crippen molar-refractivity contribution in [3.05, 3.63) is 72.3 Å². The van der Waals surface area contributed by atoms with E-state index in [0.717, 1.165) is 0 Å². The molecule has 3 aromatic rings. The first-order chi connectivity index (χ1) is 12.6. The maximum Gasteiger partial charge on any atom is 0.330 e. The van der Waals surface area contributed by atoms with Crippen LogP contribution < -0.4 is 0 Å². The average molecular weight is 348 g/mol. The van der Waals surface area contributed by atoms with Crippen molar-refractivity contribution in [2.75, 3.05) is 6.61 Å². The molecule has 3 nitrogen and oxygen atoms in total. The summed E-state index contributed by atoms with van der Waals surface area (Å²) in [5.74, 6) is -0.410. The Morgan fingerprint density at radius 1 is 1.12 bits per heavy atom.